The smallest absolute Gasteiger partial charge is 0.138 e. The highest BCUT2D eigenvalue weighted by atomic mass is 16.3. The number of nitrogens with one attached hydrogen (secondary N) is 1. The highest BCUT2D eigenvalue weighted by Gasteiger charge is 2.23. The molecule has 0 heterocycles. The van der Waals surface area contributed by atoms with Gasteiger partial charge in [0.15, 0.2) is 0 Å². The minimum atomic E-state index is 0.370. The van der Waals surface area contributed by atoms with Crippen molar-refractivity contribution < 1.29 is 5.11 Å². The molecule has 100 valence electrons. The molecule has 18 heavy (non-hydrogen) atoms. The van der Waals surface area contributed by atoms with E-state index in [-0.39, 0.29) is 0 Å². The maximum Gasteiger partial charge on any atom is 0.138 e. The van der Waals surface area contributed by atoms with E-state index in [2.05, 4.69) is 12.2 Å². The second kappa shape index (κ2) is 6.67. The Morgan fingerprint density at radius 2 is 1.94 bits per heavy atom. The van der Waals surface area contributed by atoms with Gasteiger partial charge in [-0.2, -0.15) is 0 Å². The number of rotatable bonds is 5. The Bertz CT molecular complexity index is 358. The number of hydrogen-bond acceptors (Lipinski definition) is 2. The van der Waals surface area contributed by atoms with E-state index in [0.717, 1.165) is 11.6 Å². The third-order valence-corrected chi connectivity index (χ3v) is 4.06. The first kappa shape index (κ1) is 13.3. The number of benzene rings is 1. The molecule has 1 aliphatic rings. The lowest BCUT2D eigenvalue weighted by molar-refractivity contribution is 0.306. The topological polar surface area (TPSA) is 32.3 Å². The predicted molar refractivity (Wildman–Crippen MR) is 77.0 cm³/mol. The van der Waals surface area contributed by atoms with E-state index in [1.54, 1.807) is 6.07 Å². The summed E-state index contributed by atoms with van der Waals surface area (Å²) in [5.41, 5.74) is 0.890. The Morgan fingerprint density at radius 3 is 2.61 bits per heavy atom. The molecule has 0 aliphatic heterocycles. The Morgan fingerprint density at radius 1 is 1.22 bits per heavy atom. The maximum atomic E-state index is 9.86. The normalized spacial score (nSPS) is 18.5. The molecule has 2 rings (SSSR count). The second-order valence-electron chi connectivity index (χ2n) is 5.45. The molecule has 0 radical (unpaired) electrons. The van der Waals surface area contributed by atoms with E-state index in [1.165, 1.54) is 44.9 Å². The minimum Gasteiger partial charge on any atom is -0.506 e. The molecule has 0 saturated heterocycles. The first-order valence-electron chi connectivity index (χ1n) is 7.35. The quantitative estimate of drug-likeness (QED) is 0.748. The molecule has 0 amide bonds. The molecule has 1 fully saturated rings. The van der Waals surface area contributed by atoms with Gasteiger partial charge >= 0.3 is 0 Å². The fourth-order valence-corrected chi connectivity index (χ4v) is 3.07. The van der Waals surface area contributed by atoms with Gasteiger partial charge in [0.25, 0.3) is 0 Å². The molecule has 2 nitrogen and oxygen atoms in total. The lowest BCUT2D eigenvalue weighted by Gasteiger charge is -2.31. The number of phenolic OH excluding ortho intramolecular Hbond substituents is 1. The summed E-state index contributed by atoms with van der Waals surface area (Å²) in [6.45, 7) is 2.24. The van der Waals surface area contributed by atoms with Gasteiger partial charge in [0, 0.05) is 6.04 Å². The molecule has 1 atom stereocenters. The summed E-state index contributed by atoms with van der Waals surface area (Å²) in [6.07, 6.45) is 9.20. The van der Waals surface area contributed by atoms with E-state index in [0.29, 0.717) is 11.8 Å². The summed E-state index contributed by atoms with van der Waals surface area (Å²) in [6, 6.07) is 8.10. The van der Waals surface area contributed by atoms with Gasteiger partial charge in [-0.05, 0) is 37.3 Å². The van der Waals surface area contributed by atoms with Crippen LogP contribution in [0.3, 0.4) is 0 Å². The van der Waals surface area contributed by atoms with Crippen LogP contribution in [0, 0.1) is 5.92 Å². The lowest BCUT2D eigenvalue weighted by Crippen LogP contribution is -2.30. The van der Waals surface area contributed by atoms with E-state index >= 15 is 0 Å². The van der Waals surface area contributed by atoms with Crippen molar-refractivity contribution in [2.24, 2.45) is 5.92 Å². The molecule has 1 aliphatic carbocycles. The van der Waals surface area contributed by atoms with Crippen molar-refractivity contribution in [2.75, 3.05) is 5.32 Å². The zero-order chi connectivity index (χ0) is 12.8. The molecular formula is C16H25NO. The zero-order valence-electron chi connectivity index (χ0n) is 11.4. The van der Waals surface area contributed by atoms with Crippen molar-refractivity contribution in [2.45, 2.75) is 57.9 Å². The molecule has 1 unspecified atom stereocenters. The molecule has 1 aromatic rings. The Balaban J connectivity index is 2.03. The molecule has 1 aromatic carbocycles. The van der Waals surface area contributed by atoms with E-state index in [4.69, 9.17) is 0 Å². The van der Waals surface area contributed by atoms with Crippen molar-refractivity contribution >= 4 is 5.69 Å². The summed E-state index contributed by atoms with van der Waals surface area (Å²) in [5, 5.41) is 13.4. The Kier molecular flexibility index (Phi) is 4.91. The number of phenols is 1. The van der Waals surface area contributed by atoms with E-state index in [9.17, 15) is 5.11 Å². The average molecular weight is 247 g/mol. The standard InChI is InChI=1S/C16H25NO/c1-2-8-14(13-9-4-3-5-10-13)17-15-11-6-7-12-16(15)18/h6-7,11-14,17-18H,2-5,8-10H2,1H3. The molecular weight excluding hydrogens is 222 g/mol. The third-order valence-electron chi connectivity index (χ3n) is 4.06. The predicted octanol–water partition coefficient (Wildman–Crippen LogP) is 4.55. The van der Waals surface area contributed by atoms with Gasteiger partial charge in [-0.3, -0.25) is 0 Å². The van der Waals surface area contributed by atoms with Crippen LogP contribution in [0.1, 0.15) is 51.9 Å². The average Bonchev–Trinajstić information content (AvgIpc) is 2.42. The summed E-state index contributed by atoms with van der Waals surface area (Å²) < 4.78 is 0. The van der Waals surface area contributed by atoms with Gasteiger partial charge in [0.05, 0.1) is 5.69 Å². The van der Waals surface area contributed by atoms with E-state index in [1.807, 2.05) is 18.2 Å². The molecule has 0 aromatic heterocycles. The van der Waals surface area contributed by atoms with Crippen LogP contribution in [0.25, 0.3) is 0 Å². The van der Waals surface area contributed by atoms with Crippen LogP contribution in [-0.4, -0.2) is 11.1 Å². The molecule has 2 N–H and O–H groups in total. The molecule has 0 spiro atoms. The first-order chi connectivity index (χ1) is 8.81. The molecule has 1 saturated carbocycles. The summed E-state index contributed by atoms with van der Waals surface area (Å²) >= 11 is 0. The monoisotopic (exact) mass is 247 g/mol. The van der Waals surface area contributed by atoms with Gasteiger partial charge in [-0.25, -0.2) is 0 Å². The van der Waals surface area contributed by atoms with Gasteiger partial charge in [-0.15, -0.1) is 0 Å². The summed E-state index contributed by atoms with van der Waals surface area (Å²) in [5.74, 6) is 1.15. The second-order valence-corrected chi connectivity index (χ2v) is 5.45. The molecule has 2 heteroatoms. The van der Waals surface area contributed by atoms with Crippen LogP contribution >= 0.6 is 0 Å². The lowest BCUT2D eigenvalue weighted by atomic mass is 9.82. The zero-order valence-corrected chi connectivity index (χ0v) is 11.4. The highest BCUT2D eigenvalue weighted by molar-refractivity contribution is 5.55. The summed E-state index contributed by atoms with van der Waals surface area (Å²) in [4.78, 5) is 0. The van der Waals surface area contributed by atoms with Crippen molar-refractivity contribution in [3.05, 3.63) is 24.3 Å². The fourth-order valence-electron chi connectivity index (χ4n) is 3.07. The van der Waals surface area contributed by atoms with Gasteiger partial charge in [0.2, 0.25) is 0 Å². The number of anilines is 1. The number of hydrogen-bond donors (Lipinski definition) is 2. The van der Waals surface area contributed by atoms with Gasteiger partial charge in [-0.1, -0.05) is 44.7 Å². The maximum absolute atomic E-state index is 9.86. The Labute approximate surface area is 110 Å². The molecule has 0 bridgehead atoms. The fraction of sp³-hybridized carbons (Fsp3) is 0.625. The first-order valence-corrected chi connectivity index (χ1v) is 7.35. The van der Waals surface area contributed by atoms with Crippen LogP contribution < -0.4 is 5.32 Å². The largest absolute Gasteiger partial charge is 0.506 e. The number of aromatic hydroxyl groups is 1. The van der Waals surface area contributed by atoms with Crippen LogP contribution in [0.15, 0.2) is 24.3 Å². The van der Waals surface area contributed by atoms with Gasteiger partial charge in [0.1, 0.15) is 5.75 Å². The van der Waals surface area contributed by atoms with Crippen LogP contribution in [0.4, 0.5) is 5.69 Å². The van der Waals surface area contributed by atoms with Crippen molar-refractivity contribution in [3.8, 4) is 5.75 Å². The van der Waals surface area contributed by atoms with E-state index < -0.39 is 0 Å². The summed E-state index contributed by atoms with van der Waals surface area (Å²) in [7, 11) is 0. The van der Waals surface area contributed by atoms with Crippen molar-refractivity contribution in [3.63, 3.8) is 0 Å². The van der Waals surface area contributed by atoms with Crippen molar-refractivity contribution in [1.29, 1.82) is 0 Å². The van der Waals surface area contributed by atoms with Crippen LogP contribution in [0.5, 0.6) is 5.75 Å². The van der Waals surface area contributed by atoms with Gasteiger partial charge < -0.3 is 10.4 Å². The number of para-hydroxylation sites is 2. The minimum absolute atomic E-state index is 0.370. The highest BCUT2D eigenvalue weighted by Crippen LogP contribution is 2.32. The Hall–Kier alpha value is -1.18. The third kappa shape index (κ3) is 3.41. The SMILES string of the molecule is CCCC(Nc1ccccc1O)C1CCCCC1. The van der Waals surface area contributed by atoms with Crippen molar-refractivity contribution in [1.82, 2.24) is 0 Å². The van der Waals surface area contributed by atoms with Crippen LogP contribution in [0.2, 0.25) is 0 Å². The van der Waals surface area contributed by atoms with Crippen LogP contribution in [-0.2, 0) is 0 Å².